The Bertz CT molecular complexity index is 1110. The molecular formula is C24H30N4O5. The van der Waals surface area contributed by atoms with Gasteiger partial charge in [0.15, 0.2) is 5.41 Å². The molecule has 3 heterocycles. The van der Waals surface area contributed by atoms with Crippen molar-refractivity contribution in [3.63, 3.8) is 0 Å². The third-order valence-corrected chi connectivity index (χ3v) is 8.15. The lowest BCUT2D eigenvalue weighted by molar-refractivity contribution is -0.384. The van der Waals surface area contributed by atoms with Crippen LogP contribution in [0, 0.1) is 26.4 Å². The maximum absolute atomic E-state index is 14.1. The normalized spacial score (nSPS) is 34.4. The lowest BCUT2D eigenvalue weighted by Gasteiger charge is -2.54. The van der Waals surface area contributed by atoms with E-state index in [2.05, 4.69) is 31.0 Å². The van der Waals surface area contributed by atoms with E-state index in [1.54, 1.807) is 19.9 Å². The van der Waals surface area contributed by atoms with Gasteiger partial charge in [0.1, 0.15) is 0 Å². The molecule has 1 aromatic carbocycles. The highest BCUT2D eigenvalue weighted by molar-refractivity contribution is 6.20. The van der Waals surface area contributed by atoms with Crippen LogP contribution in [0.1, 0.15) is 59.4 Å². The predicted molar refractivity (Wildman–Crippen MR) is 121 cm³/mol. The van der Waals surface area contributed by atoms with E-state index in [0.29, 0.717) is 5.56 Å². The summed E-state index contributed by atoms with van der Waals surface area (Å²) in [5.41, 5.74) is -0.450. The number of nitro groups is 1. The van der Waals surface area contributed by atoms with E-state index in [-0.39, 0.29) is 29.0 Å². The van der Waals surface area contributed by atoms with Gasteiger partial charge >= 0.3 is 6.03 Å². The minimum absolute atomic E-state index is 0.0128. The summed E-state index contributed by atoms with van der Waals surface area (Å²) in [5, 5.41) is 14.0. The zero-order chi connectivity index (χ0) is 24.1. The van der Waals surface area contributed by atoms with E-state index >= 15 is 0 Å². The number of carbonyl (C=O) groups is 3. The molecule has 33 heavy (non-hydrogen) atoms. The first-order chi connectivity index (χ1) is 15.3. The van der Waals surface area contributed by atoms with Crippen molar-refractivity contribution in [2.75, 3.05) is 4.90 Å². The van der Waals surface area contributed by atoms with Gasteiger partial charge in [-0.3, -0.25) is 29.9 Å². The zero-order valence-electron chi connectivity index (χ0n) is 19.7. The number of benzene rings is 1. The topological polar surface area (TPSA) is 113 Å². The maximum atomic E-state index is 14.1. The minimum atomic E-state index is -1.52. The van der Waals surface area contributed by atoms with Crippen LogP contribution < -0.4 is 10.2 Å². The number of carbonyl (C=O) groups excluding carboxylic acids is 3. The Kier molecular flexibility index (Phi) is 4.33. The molecule has 0 unspecified atom stereocenters. The van der Waals surface area contributed by atoms with Gasteiger partial charge in [-0.2, -0.15) is 0 Å². The number of nitro benzene ring substituents is 1. The quantitative estimate of drug-likeness (QED) is 0.416. The van der Waals surface area contributed by atoms with Crippen molar-refractivity contribution in [1.29, 1.82) is 0 Å². The van der Waals surface area contributed by atoms with Crippen LogP contribution in [-0.2, 0) is 16.0 Å². The first-order valence-electron chi connectivity index (χ1n) is 11.6. The summed E-state index contributed by atoms with van der Waals surface area (Å²) in [5.74, 6) is -1.09. The van der Waals surface area contributed by atoms with Gasteiger partial charge in [0, 0.05) is 36.3 Å². The molecule has 9 nitrogen and oxygen atoms in total. The van der Waals surface area contributed by atoms with Crippen LogP contribution in [0.25, 0.3) is 0 Å². The van der Waals surface area contributed by atoms with Crippen LogP contribution >= 0.6 is 0 Å². The number of urea groups is 1. The number of nitrogens with one attached hydrogen (secondary N) is 1. The van der Waals surface area contributed by atoms with Gasteiger partial charge in [-0.15, -0.1) is 0 Å². The molecule has 0 aromatic heterocycles. The molecule has 3 fully saturated rings. The first-order valence-corrected chi connectivity index (χ1v) is 11.6. The number of imide groups is 2. The molecule has 1 N–H and O–H groups in total. The Balaban J connectivity index is 1.78. The maximum Gasteiger partial charge on any atom is 0.331 e. The zero-order valence-corrected chi connectivity index (χ0v) is 19.7. The van der Waals surface area contributed by atoms with Crippen molar-refractivity contribution in [1.82, 2.24) is 10.2 Å². The highest BCUT2D eigenvalue weighted by Crippen LogP contribution is 2.64. The number of fused-ring (bicyclic) bond motifs is 8. The molecule has 4 amide bonds. The molecule has 176 valence electrons. The number of rotatable bonds is 2. The number of amides is 4. The molecule has 4 atom stereocenters. The molecule has 1 aliphatic carbocycles. The van der Waals surface area contributed by atoms with Crippen LogP contribution in [0.3, 0.4) is 0 Å². The fourth-order valence-electron chi connectivity index (χ4n) is 7.62. The summed E-state index contributed by atoms with van der Waals surface area (Å²) in [6, 6.07) is 3.29. The minimum Gasteiger partial charge on any atom is -0.363 e. The number of barbiturate groups is 1. The molecule has 0 radical (unpaired) electrons. The van der Waals surface area contributed by atoms with Crippen LogP contribution in [0.5, 0.6) is 0 Å². The lowest BCUT2D eigenvalue weighted by Crippen LogP contribution is -2.74. The van der Waals surface area contributed by atoms with Crippen molar-refractivity contribution in [3.05, 3.63) is 33.9 Å². The van der Waals surface area contributed by atoms with Gasteiger partial charge in [-0.25, -0.2) is 4.79 Å². The van der Waals surface area contributed by atoms with Gasteiger partial charge in [-0.05, 0) is 55.6 Å². The average molecular weight is 455 g/mol. The number of nitrogens with zero attached hydrogens (tertiary/aromatic N) is 3. The van der Waals surface area contributed by atoms with Crippen molar-refractivity contribution >= 4 is 29.2 Å². The summed E-state index contributed by atoms with van der Waals surface area (Å²) < 4.78 is 0. The van der Waals surface area contributed by atoms with Crippen molar-refractivity contribution in [3.8, 4) is 0 Å². The third kappa shape index (κ3) is 2.80. The van der Waals surface area contributed by atoms with Gasteiger partial charge in [0.05, 0.1) is 11.0 Å². The second-order valence-electron chi connectivity index (χ2n) is 11.6. The Morgan fingerprint density at radius 2 is 1.85 bits per heavy atom. The molecule has 3 aliphatic heterocycles. The standard InChI is InChI=1S/C24H30N4O5/c1-13(2)26-20(30)24(19(29)25-21(26)31)9-14-8-15(28(32)33)6-7-17(14)27-16-10-22(3,4)12-23(5,11-16)18(24)27/h6-8,13,16,18H,9-12H2,1-5H3,(H,25,29,31)/t16-,18+,23+,24+/m0/s1. The number of anilines is 1. The SMILES string of the molecule is CC(C)N1C(=O)NC(=O)[C@]2(Cc3cc([N+](=O)[O-])ccc3N3[C@H]4CC(C)(C)C[C@@](C)(C4)[C@@H]32)C1=O. The van der Waals surface area contributed by atoms with E-state index in [9.17, 15) is 24.5 Å². The first kappa shape index (κ1) is 21.9. The largest absolute Gasteiger partial charge is 0.363 e. The second-order valence-corrected chi connectivity index (χ2v) is 11.6. The van der Waals surface area contributed by atoms with Gasteiger partial charge in [-0.1, -0.05) is 20.8 Å². The molecule has 4 aliphatic rings. The van der Waals surface area contributed by atoms with Crippen LogP contribution in [0.2, 0.25) is 0 Å². The number of hydrogen-bond acceptors (Lipinski definition) is 6. The summed E-state index contributed by atoms with van der Waals surface area (Å²) in [7, 11) is 0. The monoisotopic (exact) mass is 454 g/mol. The highest BCUT2D eigenvalue weighted by Gasteiger charge is 2.71. The molecule has 2 saturated heterocycles. The van der Waals surface area contributed by atoms with Crippen LogP contribution in [0.15, 0.2) is 18.2 Å². The van der Waals surface area contributed by atoms with Gasteiger partial charge in [0.25, 0.3) is 5.69 Å². The fraction of sp³-hybridized carbons (Fsp3) is 0.625. The molecule has 5 rings (SSSR count). The van der Waals surface area contributed by atoms with E-state index in [1.165, 1.54) is 12.1 Å². The lowest BCUT2D eigenvalue weighted by atomic mass is 9.56. The molecule has 1 spiro atoms. The molecule has 9 heteroatoms. The Morgan fingerprint density at radius 1 is 1.15 bits per heavy atom. The molecule has 1 aromatic rings. The fourth-order valence-corrected chi connectivity index (χ4v) is 7.62. The Hall–Kier alpha value is -2.97. The van der Waals surface area contributed by atoms with E-state index < -0.39 is 40.3 Å². The van der Waals surface area contributed by atoms with E-state index in [0.717, 1.165) is 29.8 Å². The van der Waals surface area contributed by atoms with Crippen LogP contribution in [-0.4, -0.2) is 45.8 Å². The van der Waals surface area contributed by atoms with Crippen LogP contribution in [0.4, 0.5) is 16.2 Å². The van der Waals surface area contributed by atoms with Gasteiger partial charge < -0.3 is 4.90 Å². The van der Waals surface area contributed by atoms with Crippen molar-refractivity contribution in [2.45, 2.75) is 78.4 Å². The molecule has 1 saturated carbocycles. The van der Waals surface area contributed by atoms with Crippen molar-refractivity contribution < 1.29 is 19.3 Å². The smallest absolute Gasteiger partial charge is 0.331 e. The highest BCUT2D eigenvalue weighted by atomic mass is 16.6. The summed E-state index contributed by atoms with van der Waals surface area (Å²) in [6.45, 7) is 10.1. The molecule has 2 bridgehead atoms. The summed E-state index contributed by atoms with van der Waals surface area (Å²) in [4.78, 5) is 54.8. The summed E-state index contributed by atoms with van der Waals surface area (Å²) >= 11 is 0. The van der Waals surface area contributed by atoms with E-state index in [1.807, 2.05) is 0 Å². The average Bonchev–Trinajstić information content (AvgIpc) is 2.91. The number of non-ortho nitro benzene ring substituents is 1. The number of hydrogen-bond donors (Lipinski definition) is 1. The second kappa shape index (κ2) is 6.55. The molecular weight excluding hydrogens is 424 g/mol. The van der Waals surface area contributed by atoms with Gasteiger partial charge in [0.2, 0.25) is 11.8 Å². The summed E-state index contributed by atoms with van der Waals surface area (Å²) in [6.07, 6.45) is 2.61. The Labute approximate surface area is 192 Å². The third-order valence-electron chi connectivity index (χ3n) is 8.15. The Morgan fingerprint density at radius 3 is 2.48 bits per heavy atom. The van der Waals surface area contributed by atoms with Crippen molar-refractivity contribution in [2.24, 2.45) is 16.2 Å². The predicted octanol–water partition coefficient (Wildman–Crippen LogP) is 3.40. The van der Waals surface area contributed by atoms with E-state index in [4.69, 9.17) is 0 Å².